The lowest BCUT2D eigenvalue weighted by atomic mass is 10.0. The highest BCUT2D eigenvalue weighted by Gasteiger charge is 2.21. The summed E-state index contributed by atoms with van der Waals surface area (Å²) in [6, 6.07) is 7.57. The van der Waals surface area contributed by atoms with E-state index in [0.717, 1.165) is 62.2 Å². The maximum atomic E-state index is 5.41. The van der Waals surface area contributed by atoms with Crippen LogP contribution in [0.3, 0.4) is 0 Å². The fraction of sp³-hybridized carbons (Fsp3) is 0.696. The molecule has 7 nitrogen and oxygen atoms in total. The minimum Gasteiger partial charge on any atom is -0.497 e. The Morgan fingerprint density at radius 2 is 1.63 bits per heavy atom. The van der Waals surface area contributed by atoms with E-state index in [-0.39, 0.29) is 0 Å². The summed E-state index contributed by atoms with van der Waals surface area (Å²) in [5.74, 6) is 2.54. The summed E-state index contributed by atoms with van der Waals surface area (Å²) in [5.41, 5.74) is 1.15. The molecule has 30 heavy (non-hydrogen) atoms. The molecule has 2 N–H and O–H groups in total. The van der Waals surface area contributed by atoms with Gasteiger partial charge in [0.25, 0.3) is 0 Å². The Labute approximate surface area is 182 Å². The van der Waals surface area contributed by atoms with Crippen LogP contribution >= 0.6 is 0 Å². The van der Waals surface area contributed by atoms with Crippen LogP contribution in [0.5, 0.6) is 11.5 Å². The fourth-order valence-corrected chi connectivity index (χ4v) is 4.06. The summed E-state index contributed by atoms with van der Waals surface area (Å²) in [6.07, 6.45) is 2.12. The molecule has 0 aliphatic carbocycles. The zero-order valence-electron chi connectivity index (χ0n) is 19.9. The van der Waals surface area contributed by atoms with E-state index in [1.165, 1.54) is 0 Å². The molecule has 1 fully saturated rings. The first kappa shape index (κ1) is 24.1. The molecule has 2 rings (SSSR count). The Bertz CT molecular complexity index is 639. The van der Waals surface area contributed by atoms with Gasteiger partial charge in [-0.05, 0) is 40.5 Å². The second-order valence-corrected chi connectivity index (χ2v) is 8.40. The Hall–Kier alpha value is -2.15. The second-order valence-electron chi connectivity index (χ2n) is 8.40. The number of hydrogen-bond acceptors (Lipinski definition) is 5. The number of piperidine rings is 1. The molecule has 1 heterocycles. The molecule has 0 radical (unpaired) electrons. The number of ether oxygens (including phenoxy) is 2. The maximum Gasteiger partial charge on any atom is 0.191 e. The third-order valence-corrected chi connectivity index (χ3v) is 5.75. The van der Waals surface area contributed by atoms with Crippen LogP contribution in [0, 0.1) is 0 Å². The number of hydrogen-bond donors (Lipinski definition) is 2. The first-order chi connectivity index (χ1) is 14.4. The Morgan fingerprint density at radius 1 is 1.07 bits per heavy atom. The Kier molecular flexibility index (Phi) is 9.56. The molecule has 1 aromatic carbocycles. The molecule has 0 amide bonds. The Morgan fingerprint density at radius 3 is 2.10 bits per heavy atom. The third kappa shape index (κ3) is 6.97. The summed E-state index contributed by atoms with van der Waals surface area (Å²) in [7, 11) is 5.22. The van der Waals surface area contributed by atoms with Crippen molar-refractivity contribution in [3.05, 3.63) is 18.2 Å². The lowest BCUT2D eigenvalue weighted by molar-refractivity contribution is 0.178. The number of nitrogens with one attached hydrogen (secondary N) is 2. The van der Waals surface area contributed by atoms with Gasteiger partial charge in [-0.2, -0.15) is 0 Å². The minimum atomic E-state index is 0.422. The average molecular weight is 420 g/mol. The number of benzene rings is 1. The maximum absolute atomic E-state index is 5.41. The van der Waals surface area contributed by atoms with Crippen LogP contribution in [-0.2, 0) is 0 Å². The number of methoxy groups -OCH3 is 2. The van der Waals surface area contributed by atoms with E-state index in [4.69, 9.17) is 9.47 Å². The van der Waals surface area contributed by atoms with Gasteiger partial charge in [-0.1, -0.05) is 0 Å². The minimum absolute atomic E-state index is 0.422. The van der Waals surface area contributed by atoms with E-state index < -0.39 is 0 Å². The number of anilines is 1. The Balaban J connectivity index is 1.83. The summed E-state index contributed by atoms with van der Waals surface area (Å²) in [6.45, 7) is 12.9. The van der Waals surface area contributed by atoms with Crippen molar-refractivity contribution in [1.82, 2.24) is 15.5 Å². The van der Waals surface area contributed by atoms with Gasteiger partial charge in [-0.25, -0.2) is 0 Å². The normalized spacial score (nSPS) is 15.8. The summed E-state index contributed by atoms with van der Waals surface area (Å²) >= 11 is 0. The molecule has 7 heteroatoms. The second kappa shape index (κ2) is 11.9. The molecular formula is C23H41N5O2. The molecule has 170 valence electrons. The summed E-state index contributed by atoms with van der Waals surface area (Å²) in [5, 5.41) is 7.08. The molecule has 0 atom stereocenters. The SMILES string of the molecule is CN=C(NCCN(C(C)C)C(C)C)NC1CCN(c2cc(OC)cc(OC)c2)CC1. The van der Waals surface area contributed by atoms with Crippen LogP contribution in [-0.4, -0.2) is 76.4 Å². The van der Waals surface area contributed by atoms with Crippen LogP contribution in [0.1, 0.15) is 40.5 Å². The van der Waals surface area contributed by atoms with Crippen LogP contribution in [0.25, 0.3) is 0 Å². The standard InChI is InChI=1S/C23H41N5O2/c1-17(2)28(18(3)4)13-10-25-23(24-5)26-19-8-11-27(12-9-19)20-14-21(29-6)16-22(15-20)30-7/h14-19H,8-13H2,1-7H3,(H2,24,25,26). The van der Waals surface area contributed by atoms with E-state index >= 15 is 0 Å². The van der Waals surface area contributed by atoms with Crippen molar-refractivity contribution in [1.29, 1.82) is 0 Å². The monoisotopic (exact) mass is 419 g/mol. The first-order valence-corrected chi connectivity index (χ1v) is 11.1. The van der Waals surface area contributed by atoms with E-state index in [1.54, 1.807) is 14.2 Å². The van der Waals surface area contributed by atoms with Crippen molar-refractivity contribution in [2.24, 2.45) is 4.99 Å². The number of rotatable bonds is 9. The quantitative estimate of drug-likeness (QED) is 0.474. The molecule has 0 spiro atoms. The fourth-order valence-electron chi connectivity index (χ4n) is 4.06. The average Bonchev–Trinajstić information content (AvgIpc) is 2.75. The van der Waals surface area contributed by atoms with Crippen molar-refractivity contribution in [2.45, 2.75) is 58.7 Å². The van der Waals surface area contributed by atoms with Crippen LogP contribution in [0.4, 0.5) is 5.69 Å². The molecule has 1 aliphatic heterocycles. The number of guanidine groups is 1. The van der Waals surface area contributed by atoms with Gasteiger partial charge < -0.3 is 25.0 Å². The molecule has 1 aromatic rings. The topological polar surface area (TPSA) is 61.4 Å². The molecule has 1 aliphatic rings. The van der Waals surface area contributed by atoms with Crippen molar-refractivity contribution in [2.75, 3.05) is 52.3 Å². The van der Waals surface area contributed by atoms with E-state index in [2.05, 4.69) is 65.3 Å². The van der Waals surface area contributed by atoms with Gasteiger partial charge in [0.1, 0.15) is 11.5 Å². The molecule has 0 bridgehead atoms. The van der Waals surface area contributed by atoms with Gasteiger partial charge in [-0.3, -0.25) is 9.89 Å². The van der Waals surface area contributed by atoms with Crippen molar-refractivity contribution < 1.29 is 9.47 Å². The van der Waals surface area contributed by atoms with Crippen LogP contribution in [0.15, 0.2) is 23.2 Å². The molecular weight excluding hydrogens is 378 g/mol. The number of aliphatic imine (C=N–C) groups is 1. The van der Waals surface area contributed by atoms with Gasteiger partial charge >= 0.3 is 0 Å². The largest absolute Gasteiger partial charge is 0.497 e. The lowest BCUT2D eigenvalue weighted by Gasteiger charge is -2.35. The summed E-state index contributed by atoms with van der Waals surface area (Å²) < 4.78 is 10.8. The van der Waals surface area contributed by atoms with E-state index in [9.17, 15) is 0 Å². The zero-order chi connectivity index (χ0) is 22.1. The van der Waals surface area contributed by atoms with Gasteiger partial charge in [0.05, 0.1) is 14.2 Å². The molecule has 0 unspecified atom stereocenters. The highest BCUT2D eigenvalue weighted by atomic mass is 16.5. The van der Waals surface area contributed by atoms with E-state index in [0.29, 0.717) is 18.1 Å². The van der Waals surface area contributed by atoms with Gasteiger partial charge in [-0.15, -0.1) is 0 Å². The van der Waals surface area contributed by atoms with Crippen molar-refractivity contribution >= 4 is 11.6 Å². The van der Waals surface area contributed by atoms with E-state index in [1.807, 2.05) is 13.1 Å². The summed E-state index contributed by atoms with van der Waals surface area (Å²) in [4.78, 5) is 9.30. The smallest absolute Gasteiger partial charge is 0.191 e. The van der Waals surface area contributed by atoms with Gasteiger partial charge in [0, 0.05) is 75.2 Å². The predicted molar refractivity (Wildman–Crippen MR) is 126 cm³/mol. The van der Waals surface area contributed by atoms with Gasteiger partial charge in [0.2, 0.25) is 0 Å². The molecule has 1 saturated heterocycles. The predicted octanol–water partition coefficient (Wildman–Crippen LogP) is 2.96. The third-order valence-electron chi connectivity index (χ3n) is 5.75. The first-order valence-electron chi connectivity index (χ1n) is 11.1. The van der Waals surface area contributed by atoms with Crippen LogP contribution < -0.4 is 25.0 Å². The molecule has 0 saturated carbocycles. The molecule has 0 aromatic heterocycles. The lowest BCUT2D eigenvalue weighted by Crippen LogP contribution is -2.50. The van der Waals surface area contributed by atoms with Crippen molar-refractivity contribution in [3.8, 4) is 11.5 Å². The van der Waals surface area contributed by atoms with Crippen LogP contribution in [0.2, 0.25) is 0 Å². The number of nitrogens with zero attached hydrogens (tertiary/aromatic N) is 3. The van der Waals surface area contributed by atoms with Crippen molar-refractivity contribution in [3.63, 3.8) is 0 Å². The highest BCUT2D eigenvalue weighted by molar-refractivity contribution is 5.80. The van der Waals surface area contributed by atoms with Gasteiger partial charge in [0.15, 0.2) is 5.96 Å². The zero-order valence-corrected chi connectivity index (χ0v) is 19.9. The highest BCUT2D eigenvalue weighted by Crippen LogP contribution is 2.30.